The number of nitrogens with two attached hydrogens (primary N) is 3. The summed E-state index contributed by atoms with van der Waals surface area (Å²) in [7, 11) is 0. The number of nitrogens with zero attached hydrogens (tertiary/aromatic N) is 1. The molecule has 0 heterocycles. The minimum absolute atomic E-state index is 0.0345. The highest BCUT2D eigenvalue weighted by Gasteiger charge is 2.07. The van der Waals surface area contributed by atoms with Crippen molar-refractivity contribution < 1.29 is 5.11 Å². The number of hydrogen-bond acceptors (Lipinski definition) is 5. The molecule has 0 saturated carbocycles. The Morgan fingerprint density at radius 1 is 1.45 bits per heavy atom. The monoisotopic (exact) mass is 162 g/mol. The van der Waals surface area contributed by atoms with Crippen LogP contribution in [0.1, 0.15) is 12.8 Å². The van der Waals surface area contributed by atoms with E-state index in [2.05, 4.69) is 0 Å². The second-order valence-electron chi connectivity index (χ2n) is 2.46. The highest BCUT2D eigenvalue weighted by Crippen LogP contribution is 1.94. The van der Waals surface area contributed by atoms with Crippen LogP contribution in [0.15, 0.2) is 0 Å². The largest absolute Gasteiger partial charge is 0.395 e. The SMILES string of the molecule is NCCCC(N)N(N)CCO. The molecule has 0 aliphatic carbocycles. The van der Waals surface area contributed by atoms with Gasteiger partial charge in [-0.25, -0.2) is 5.01 Å². The van der Waals surface area contributed by atoms with Crippen LogP contribution in [0.3, 0.4) is 0 Å². The van der Waals surface area contributed by atoms with Gasteiger partial charge in [0.15, 0.2) is 0 Å². The topological polar surface area (TPSA) is 102 Å². The molecule has 0 saturated heterocycles. The first-order chi connectivity index (χ1) is 5.22. The third-order valence-corrected chi connectivity index (χ3v) is 1.49. The lowest BCUT2D eigenvalue weighted by atomic mass is 10.2. The van der Waals surface area contributed by atoms with Crippen molar-refractivity contribution in [2.24, 2.45) is 17.3 Å². The van der Waals surface area contributed by atoms with Gasteiger partial charge in [0.1, 0.15) is 0 Å². The molecule has 0 amide bonds. The molecule has 1 atom stereocenters. The van der Waals surface area contributed by atoms with Crippen LogP contribution in [-0.2, 0) is 0 Å². The van der Waals surface area contributed by atoms with Gasteiger partial charge in [0.25, 0.3) is 0 Å². The summed E-state index contributed by atoms with van der Waals surface area (Å²) in [5.41, 5.74) is 10.9. The van der Waals surface area contributed by atoms with E-state index < -0.39 is 0 Å². The Labute approximate surface area is 67.1 Å². The van der Waals surface area contributed by atoms with Crippen LogP contribution in [-0.4, -0.2) is 36.0 Å². The Kier molecular flexibility index (Phi) is 6.39. The van der Waals surface area contributed by atoms with Gasteiger partial charge in [0.2, 0.25) is 0 Å². The van der Waals surface area contributed by atoms with Crippen LogP contribution in [0.4, 0.5) is 0 Å². The van der Waals surface area contributed by atoms with Gasteiger partial charge >= 0.3 is 0 Å². The normalized spacial score (nSPS) is 13.9. The van der Waals surface area contributed by atoms with E-state index in [1.54, 1.807) is 0 Å². The Bertz CT molecular complexity index is 90.7. The number of aliphatic hydroxyl groups excluding tert-OH is 1. The predicted octanol–water partition coefficient (Wildman–Crippen LogP) is -1.82. The van der Waals surface area contributed by atoms with Crippen molar-refractivity contribution in [1.29, 1.82) is 0 Å². The number of hydrogen-bond donors (Lipinski definition) is 4. The molecular formula is C6H18N4O. The molecule has 0 radical (unpaired) electrons. The van der Waals surface area contributed by atoms with Gasteiger partial charge in [0, 0.05) is 6.54 Å². The number of aliphatic hydroxyl groups is 1. The average molecular weight is 162 g/mol. The molecule has 0 fully saturated rings. The van der Waals surface area contributed by atoms with E-state index in [0.717, 1.165) is 12.8 Å². The average Bonchev–Trinajstić information content (AvgIpc) is 2.00. The third kappa shape index (κ3) is 5.11. The van der Waals surface area contributed by atoms with Crippen molar-refractivity contribution in [3.63, 3.8) is 0 Å². The van der Waals surface area contributed by atoms with Gasteiger partial charge in [-0.15, -0.1) is 0 Å². The van der Waals surface area contributed by atoms with Crippen molar-refractivity contribution in [3.8, 4) is 0 Å². The predicted molar refractivity (Wildman–Crippen MR) is 44.2 cm³/mol. The molecule has 5 nitrogen and oxygen atoms in total. The summed E-state index contributed by atoms with van der Waals surface area (Å²) in [5.74, 6) is 5.48. The van der Waals surface area contributed by atoms with Gasteiger partial charge in [0.05, 0.1) is 12.8 Å². The molecule has 11 heavy (non-hydrogen) atoms. The summed E-state index contributed by atoms with van der Waals surface area (Å²) < 4.78 is 0. The maximum atomic E-state index is 8.51. The molecule has 0 aliphatic heterocycles. The fraction of sp³-hybridized carbons (Fsp3) is 1.00. The third-order valence-electron chi connectivity index (χ3n) is 1.49. The first-order valence-electron chi connectivity index (χ1n) is 3.80. The fourth-order valence-corrected chi connectivity index (χ4v) is 0.774. The Morgan fingerprint density at radius 2 is 2.09 bits per heavy atom. The van der Waals surface area contributed by atoms with E-state index in [0.29, 0.717) is 13.1 Å². The smallest absolute Gasteiger partial charge is 0.0706 e. The van der Waals surface area contributed by atoms with Gasteiger partial charge in [-0.1, -0.05) is 0 Å². The summed E-state index contributed by atoms with van der Waals surface area (Å²) in [6.07, 6.45) is 1.44. The zero-order valence-corrected chi connectivity index (χ0v) is 6.74. The molecule has 0 aromatic carbocycles. The summed E-state index contributed by atoms with van der Waals surface area (Å²) in [6, 6.07) is 0. The fourth-order valence-electron chi connectivity index (χ4n) is 0.774. The summed E-state index contributed by atoms with van der Waals surface area (Å²) in [6.45, 7) is 1.07. The summed E-state index contributed by atoms with van der Waals surface area (Å²) in [4.78, 5) is 0. The first kappa shape index (κ1) is 10.8. The van der Waals surface area contributed by atoms with Gasteiger partial charge in [-0.05, 0) is 19.4 Å². The molecule has 0 spiro atoms. The standard InChI is InChI=1S/C6H18N4O/c7-3-1-2-6(8)10(9)4-5-11/h6,11H,1-5,7-9H2. The maximum Gasteiger partial charge on any atom is 0.0706 e. The first-order valence-corrected chi connectivity index (χ1v) is 3.80. The molecule has 0 aromatic heterocycles. The van der Waals surface area contributed by atoms with Crippen LogP contribution in [0.5, 0.6) is 0 Å². The summed E-state index contributed by atoms with van der Waals surface area (Å²) in [5, 5.41) is 9.94. The highest BCUT2D eigenvalue weighted by atomic mass is 16.3. The quantitative estimate of drug-likeness (QED) is 0.209. The van der Waals surface area contributed by atoms with E-state index in [4.69, 9.17) is 22.4 Å². The lowest BCUT2D eigenvalue weighted by molar-refractivity contribution is 0.147. The van der Waals surface area contributed by atoms with Gasteiger partial charge in [-0.3, -0.25) is 5.84 Å². The molecule has 0 bridgehead atoms. The second-order valence-corrected chi connectivity index (χ2v) is 2.46. The molecule has 7 N–H and O–H groups in total. The molecule has 0 aromatic rings. The van der Waals surface area contributed by atoms with Crippen LogP contribution in [0.25, 0.3) is 0 Å². The Morgan fingerprint density at radius 3 is 2.55 bits per heavy atom. The lowest BCUT2D eigenvalue weighted by Crippen LogP contribution is -2.48. The van der Waals surface area contributed by atoms with Crippen LogP contribution in [0, 0.1) is 0 Å². The molecule has 0 aliphatic rings. The van der Waals surface area contributed by atoms with E-state index >= 15 is 0 Å². The van der Waals surface area contributed by atoms with E-state index in [1.165, 1.54) is 5.01 Å². The molecular weight excluding hydrogens is 144 g/mol. The van der Waals surface area contributed by atoms with E-state index in [-0.39, 0.29) is 12.8 Å². The lowest BCUT2D eigenvalue weighted by Gasteiger charge is -2.22. The second kappa shape index (κ2) is 6.51. The number of hydrazine groups is 1. The van der Waals surface area contributed by atoms with Crippen molar-refractivity contribution >= 4 is 0 Å². The van der Waals surface area contributed by atoms with Gasteiger partial charge in [-0.2, -0.15) is 0 Å². The molecule has 0 rings (SSSR count). The van der Waals surface area contributed by atoms with E-state index in [9.17, 15) is 0 Å². The maximum absolute atomic E-state index is 8.51. The minimum Gasteiger partial charge on any atom is -0.395 e. The van der Waals surface area contributed by atoms with Gasteiger partial charge < -0.3 is 16.6 Å². The Balaban J connectivity index is 3.38. The van der Waals surface area contributed by atoms with Crippen molar-refractivity contribution in [2.75, 3.05) is 19.7 Å². The van der Waals surface area contributed by atoms with Crippen molar-refractivity contribution in [2.45, 2.75) is 19.0 Å². The van der Waals surface area contributed by atoms with Crippen LogP contribution < -0.4 is 17.3 Å². The minimum atomic E-state index is -0.189. The van der Waals surface area contributed by atoms with E-state index in [1.807, 2.05) is 0 Å². The zero-order valence-electron chi connectivity index (χ0n) is 6.74. The summed E-state index contributed by atoms with van der Waals surface area (Å²) >= 11 is 0. The van der Waals surface area contributed by atoms with Crippen molar-refractivity contribution in [1.82, 2.24) is 5.01 Å². The molecule has 68 valence electrons. The highest BCUT2D eigenvalue weighted by molar-refractivity contribution is 4.59. The zero-order chi connectivity index (χ0) is 8.69. The molecule has 1 unspecified atom stereocenters. The van der Waals surface area contributed by atoms with Crippen molar-refractivity contribution in [3.05, 3.63) is 0 Å². The van der Waals surface area contributed by atoms with Crippen LogP contribution in [0.2, 0.25) is 0 Å². The molecule has 5 heteroatoms. The Hall–Kier alpha value is -0.200. The number of rotatable bonds is 6. The van der Waals surface area contributed by atoms with Crippen LogP contribution >= 0.6 is 0 Å².